The Morgan fingerprint density at radius 3 is 0.375 bits per heavy atom. The zero-order valence-electron chi connectivity index (χ0n) is 3.62. The second-order valence-electron chi connectivity index (χ2n) is 0. The Kier molecular flexibility index (Phi) is 7710. The van der Waals surface area contributed by atoms with Crippen molar-refractivity contribution in [1.29, 1.82) is 0 Å². The smallest absolute Gasteiger partial charge is 2.00 e. The van der Waals surface area contributed by atoms with E-state index < -0.39 is 0 Å². The average molecular weight is 520 g/mol. The summed E-state index contributed by atoms with van der Waals surface area (Å²) in [6, 6.07) is 0. The Hall–Kier alpha value is 1.53. The van der Waals surface area contributed by atoms with E-state index in [1.54, 1.807) is 0 Å². The molecular weight excluding hydrogens is 514 g/mol. The van der Waals surface area contributed by atoms with Crippen LogP contribution < -0.4 is 0 Å². The molecule has 0 rings (SSSR count). The molecule has 0 aromatic heterocycles. The third-order valence-electron chi connectivity index (χ3n) is 0. The third-order valence-corrected chi connectivity index (χ3v) is 0. The maximum Gasteiger partial charge on any atom is 3.00 e. The monoisotopic (exact) mass is 520 g/mol. The van der Waals surface area contributed by atoms with Crippen LogP contribution in [0.4, 0.5) is 0 Å². The van der Waals surface area contributed by atoms with E-state index >= 15 is 0 Å². The van der Waals surface area contributed by atoms with Gasteiger partial charge in [0.05, 0.1) is 0 Å². The van der Waals surface area contributed by atoms with Crippen LogP contribution in [0.3, 0.4) is 0 Å². The minimum absolute atomic E-state index is 0. The molecule has 0 atom stereocenters. The molecule has 8 heteroatoms. The maximum absolute atomic E-state index is 0. The van der Waals surface area contributed by atoms with Gasteiger partial charge >= 0.3 is 52.4 Å². The first-order valence-corrected chi connectivity index (χ1v) is 0. The molecule has 0 saturated heterocycles. The molecule has 0 aliphatic heterocycles. The van der Waals surface area contributed by atoms with Crippen molar-refractivity contribution in [3.05, 3.63) is 0 Å². The number of hydrogen-bond donors (Lipinski definition) is 0. The molecule has 0 aliphatic rings. The molecule has 0 fully saturated rings. The summed E-state index contributed by atoms with van der Waals surface area (Å²) in [6.45, 7) is 0. The van der Waals surface area contributed by atoms with Crippen LogP contribution in [0.2, 0.25) is 0 Å². The molecule has 8 heavy (non-hydrogen) atoms. The molecule has 0 aromatic rings. The first kappa shape index (κ1) is 297. The molecular formula is H6Bi2O6. The van der Waals surface area contributed by atoms with Crippen molar-refractivity contribution in [2.45, 2.75) is 0 Å². The third kappa shape index (κ3) is 138. The van der Waals surface area contributed by atoms with Crippen LogP contribution in [0.1, 0.15) is 0 Å². The minimum atomic E-state index is 0. The Labute approximate surface area is 84.7 Å². The van der Waals surface area contributed by atoms with Crippen molar-refractivity contribution >= 4 is 52.4 Å². The summed E-state index contributed by atoms with van der Waals surface area (Å²) < 4.78 is 0. The topological polar surface area (TPSA) is 180 Å². The molecule has 0 bridgehead atoms. The van der Waals surface area contributed by atoms with E-state index in [9.17, 15) is 0 Å². The van der Waals surface area contributed by atoms with Crippen LogP contribution in [-0.4, -0.2) is 68.8 Å². The predicted octanol–water partition coefficient (Wildman–Crippen LogP) is -3.59. The summed E-state index contributed by atoms with van der Waals surface area (Å²) in [4.78, 5) is 0. The second-order valence-corrected chi connectivity index (χ2v) is 0. The predicted molar refractivity (Wildman–Crippen MR) is 24.4 cm³/mol. The quantitative estimate of drug-likeness (QED) is 0.287. The van der Waals surface area contributed by atoms with Gasteiger partial charge in [-0.3, -0.25) is 0 Å². The second kappa shape index (κ2) is 207. The molecule has 6 N–H and O–H groups in total. The maximum atomic E-state index is 0. The van der Waals surface area contributed by atoms with Crippen LogP contribution in [-0.2, 0) is 16.4 Å². The van der Waals surface area contributed by atoms with Gasteiger partial charge in [0, 0.05) is 0 Å². The van der Waals surface area contributed by atoms with Crippen LogP contribution >= 0.6 is 0 Å². The van der Waals surface area contributed by atoms with Crippen LogP contribution in [0.15, 0.2) is 0 Å². The summed E-state index contributed by atoms with van der Waals surface area (Å²) in [5.41, 5.74) is 0. The molecule has 0 saturated carbocycles. The Bertz CT molecular complexity index is 6.49. The Morgan fingerprint density at radius 1 is 0.375 bits per heavy atom. The zero-order valence-corrected chi connectivity index (χ0v) is 10.6. The van der Waals surface area contributed by atoms with Gasteiger partial charge in [0.2, 0.25) is 0 Å². The molecule has 0 amide bonds. The molecule has 0 heterocycles. The number of hydrogen-bond acceptors (Lipinski definition) is 0. The molecule has 0 aliphatic carbocycles. The van der Waals surface area contributed by atoms with E-state index in [4.69, 9.17) is 0 Å². The van der Waals surface area contributed by atoms with Gasteiger partial charge in [-0.15, -0.1) is 0 Å². The summed E-state index contributed by atoms with van der Waals surface area (Å²) in [6.07, 6.45) is 0. The van der Waals surface area contributed by atoms with Crippen LogP contribution in [0.25, 0.3) is 0 Å². The van der Waals surface area contributed by atoms with Crippen molar-refractivity contribution in [1.82, 2.24) is 0 Å². The van der Waals surface area contributed by atoms with Gasteiger partial charge in [-0.2, -0.15) is 0 Å². The van der Waals surface area contributed by atoms with E-state index in [1.807, 2.05) is 0 Å². The standard InChI is InChI=1S/2Bi.3H2O.3O/h;;3*1H2;;;/q2*+3;;;;3*-2. The normalized spacial score (nSPS) is 0. The molecule has 6 nitrogen and oxygen atoms in total. The Balaban J connectivity index is 0. The first-order chi connectivity index (χ1) is 0. The minimum Gasteiger partial charge on any atom is -2.00 e. The van der Waals surface area contributed by atoms with E-state index in [2.05, 4.69) is 0 Å². The SMILES string of the molecule is O.O.O.[Bi+3].[Bi+3].[O-2].[O-2].[O-2]. The summed E-state index contributed by atoms with van der Waals surface area (Å²) >= 11 is 0. The fourth-order valence-electron chi connectivity index (χ4n) is 0. The van der Waals surface area contributed by atoms with Crippen LogP contribution in [0.5, 0.6) is 0 Å². The molecule has 0 spiro atoms. The van der Waals surface area contributed by atoms with Gasteiger partial charge in [-0.05, 0) is 0 Å². The summed E-state index contributed by atoms with van der Waals surface area (Å²) in [7, 11) is 0. The molecule has 4 radical (unpaired) electrons. The average Bonchev–Trinajstić information content (AvgIpc) is 0. The van der Waals surface area contributed by atoms with Crippen molar-refractivity contribution in [2.75, 3.05) is 0 Å². The largest absolute Gasteiger partial charge is 3.00 e. The van der Waals surface area contributed by atoms with Gasteiger partial charge in [-0.25, -0.2) is 0 Å². The van der Waals surface area contributed by atoms with Crippen molar-refractivity contribution in [2.24, 2.45) is 0 Å². The summed E-state index contributed by atoms with van der Waals surface area (Å²) in [5, 5.41) is 0. The van der Waals surface area contributed by atoms with E-state index in [1.165, 1.54) is 0 Å². The molecule has 0 unspecified atom stereocenters. The van der Waals surface area contributed by atoms with Gasteiger partial charge in [0.1, 0.15) is 0 Å². The van der Waals surface area contributed by atoms with Gasteiger partial charge in [0.25, 0.3) is 0 Å². The first-order valence-electron chi connectivity index (χ1n) is 0. The van der Waals surface area contributed by atoms with Crippen LogP contribution in [0, 0.1) is 0 Å². The zero-order chi connectivity index (χ0) is 0. The Morgan fingerprint density at radius 2 is 0.375 bits per heavy atom. The van der Waals surface area contributed by atoms with Crippen molar-refractivity contribution in [3.8, 4) is 0 Å². The van der Waals surface area contributed by atoms with Gasteiger partial charge in [0.15, 0.2) is 0 Å². The fourth-order valence-corrected chi connectivity index (χ4v) is 0. The van der Waals surface area contributed by atoms with Gasteiger partial charge < -0.3 is 32.9 Å². The van der Waals surface area contributed by atoms with E-state index in [0.29, 0.717) is 0 Å². The van der Waals surface area contributed by atoms with E-state index in [0.717, 1.165) is 0 Å². The molecule has 52 valence electrons. The molecule has 0 aromatic carbocycles. The van der Waals surface area contributed by atoms with Crippen molar-refractivity contribution < 1.29 is 32.9 Å². The number of rotatable bonds is 0. The van der Waals surface area contributed by atoms with Gasteiger partial charge in [-0.1, -0.05) is 0 Å². The summed E-state index contributed by atoms with van der Waals surface area (Å²) in [5.74, 6) is 0. The van der Waals surface area contributed by atoms with E-state index in [-0.39, 0.29) is 85.3 Å². The van der Waals surface area contributed by atoms with Crippen molar-refractivity contribution in [3.63, 3.8) is 0 Å². The fraction of sp³-hybridized carbons (Fsp3) is 0.